The van der Waals surface area contributed by atoms with Gasteiger partial charge in [0.1, 0.15) is 0 Å². The first-order valence-corrected chi connectivity index (χ1v) is 12.8. The Morgan fingerprint density at radius 3 is 0.846 bits per heavy atom. The van der Waals surface area contributed by atoms with Gasteiger partial charge in [0.05, 0.1) is 0 Å². The summed E-state index contributed by atoms with van der Waals surface area (Å²) in [7, 11) is 0. The molecule has 3 aliphatic carbocycles. The van der Waals surface area contributed by atoms with Crippen LogP contribution in [0, 0.1) is 35.5 Å². The van der Waals surface area contributed by atoms with Crippen molar-refractivity contribution < 1.29 is 0 Å². The van der Waals surface area contributed by atoms with Crippen molar-refractivity contribution in [2.75, 3.05) is 0 Å². The highest BCUT2D eigenvalue weighted by molar-refractivity contribution is 4.81. The molecule has 0 aliphatic heterocycles. The molecule has 152 valence electrons. The molecule has 0 amide bonds. The minimum atomic E-state index is 1.08. The lowest BCUT2D eigenvalue weighted by Crippen LogP contribution is -2.23. The third kappa shape index (κ3) is 6.56. The predicted octanol–water partition coefficient (Wildman–Crippen LogP) is 8.79. The zero-order valence-corrected chi connectivity index (χ0v) is 18.2. The van der Waals surface area contributed by atoms with E-state index in [0.29, 0.717) is 0 Å². The monoisotopic (exact) mass is 360 g/mol. The lowest BCUT2D eigenvalue weighted by Gasteiger charge is -2.36. The molecule has 0 bridgehead atoms. The summed E-state index contributed by atoms with van der Waals surface area (Å²) in [6, 6.07) is 0. The van der Waals surface area contributed by atoms with Gasteiger partial charge in [-0.3, -0.25) is 0 Å². The fourth-order valence-electron chi connectivity index (χ4n) is 6.97. The molecule has 3 aliphatic rings. The molecule has 0 radical (unpaired) electrons. The number of rotatable bonds is 8. The van der Waals surface area contributed by atoms with Crippen LogP contribution in [0.3, 0.4) is 0 Å². The molecule has 0 heterocycles. The summed E-state index contributed by atoms with van der Waals surface area (Å²) in [5.74, 6) is 6.55. The van der Waals surface area contributed by atoms with E-state index in [2.05, 4.69) is 13.8 Å². The van der Waals surface area contributed by atoms with Crippen molar-refractivity contribution in [3.05, 3.63) is 0 Å². The topological polar surface area (TPSA) is 0 Å². The zero-order valence-electron chi connectivity index (χ0n) is 18.2. The van der Waals surface area contributed by atoms with Crippen molar-refractivity contribution in [2.45, 2.75) is 129 Å². The van der Waals surface area contributed by atoms with E-state index in [-0.39, 0.29) is 0 Å². The van der Waals surface area contributed by atoms with Crippen LogP contribution in [-0.2, 0) is 0 Å². The minimum Gasteiger partial charge on any atom is -0.0654 e. The molecule has 0 heteroatoms. The second kappa shape index (κ2) is 11.1. The van der Waals surface area contributed by atoms with Gasteiger partial charge < -0.3 is 0 Å². The largest absolute Gasteiger partial charge is 0.0654 e. The van der Waals surface area contributed by atoms with E-state index in [1.54, 1.807) is 89.9 Å². The molecule has 3 fully saturated rings. The third-order valence-corrected chi connectivity index (χ3v) is 8.63. The van der Waals surface area contributed by atoms with E-state index < -0.39 is 0 Å². The van der Waals surface area contributed by atoms with Gasteiger partial charge in [0.15, 0.2) is 0 Å². The summed E-state index contributed by atoms with van der Waals surface area (Å²) in [4.78, 5) is 0. The van der Waals surface area contributed by atoms with E-state index in [4.69, 9.17) is 0 Å². The van der Waals surface area contributed by atoms with Crippen LogP contribution in [0.5, 0.6) is 0 Å². The molecule has 0 atom stereocenters. The normalized spacial score (nSPS) is 39.0. The molecule has 3 rings (SSSR count). The van der Waals surface area contributed by atoms with Gasteiger partial charge in [0.25, 0.3) is 0 Å². The minimum absolute atomic E-state index is 1.08. The van der Waals surface area contributed by atoms with E-state index in [1.165, 1.54) is 25.7 Å². The Hall–Kier alpha value is 0. The Labute approximate surface area is 165 Å². The summed E-state index contributed by atoms with van der Waals surface area (Å²) < 4.78 is 0. The van der Waals surface area contributed by atoms with Gasteiger partial charge in [0, 0.05) is 0 Å². The van der Waals surface area contributed by atoms with Crippen LogP contribution >= 0.6 is 0 Å². The van der Waals surface area contributed by atoms with Crippen molar-refractivity contribution >= 4 is 0 Å². The molecule has 26 heavy (non-hydrogen) atoms. The first-order valence-electron chi connectivity index (χ1n) is 12.8. The Kier molecular flexibility index (Phi) is 8.86. The van der Waals surface area contributed by atoms with Crippen molar-refractivity contribution in [1.29, 1.82) is 0 Å². The van der Waals surface area contributed by atoms with E-state index in [0.717, 1.165) is 35.5 Å². The molecule has 0 nitrogen and oxygen atoms in total. The number of hydrogen-bond acceptors (Lipinski definition) is 0. The van der Waals surface area contributed by atoms with Crippen LogP contribution in [0.2, 0.25) is 0 Å². The SMILES string of the molecule is CCCC1CCC(CC2CCC(CC3CCC(CCC)CC3)CC2)CC1. The highest BCUT2D eigenvalue weighted by Crippen LogP contribution is 2.42. The standard InChI is InChI=1S/C26H48/c1-3-5-21-7-11-23(12-8-21)19-25-15-17-26(18-16-25)20-24-13-9-22(6-4-2)10-14-24/h21-26H,3-20H2,1-2H3. The Morgan fingerprint density at radius 2 is 0.615 bits per heavy atom. The Morgan fingerprint density at radius 1 is 0.385 bits per heavy atom. The maximum Gasteiger partial charge on any atom is -0.0411 e. The van der Waals surface area contributed by atoms with Gasteiger partial charge in [-0.2, -0.15) is 0 Å². The maximum absolute atomic E-state index is 2.36. The Balaban J connectivity index is 1.28. The van der Waals surface area contributed by atoms with Crippen molar-refractivity contribution in [3.8, 4) is 0 Å². The smallest absolute Gasteiger partial charge is 0.0411 e. The van der Waals surface area contributed by atoms with E-state index >= 15 is 0 Å². The first-order chi connectivity index (χ1) is 12.8. The van der Waals surface area contributed by atoms with Crippen LogP contribution in [0.1, 0.15) is 129 Å². The van der Waals surface area contributed by atoms with Gasteiger partial charge >= 0.3 is 0 Å². The van der Waals surface area contributed by atoms with Crippen molar-refractivity contribution in [3.63, 3.8) is 0 Å². The average molecular weight is 361 g/mol. The summed E-state index contributed by atoms with van der Waals surface area (Å²) in [6.45, 7) is 4.72. The molecule has 0 spiro atoms. The van der Waals surface area contributed by atoms with Gasteiger partial charge in [0.2, 0.25) is 0 Å². The highest BCUT2D eigenvalue weighted by Gasteiger charge is 2.29. The maximum atomic E-state index is 2.36. The average Bonchev–Trinajstić information content (AvgIpc) is 2.67. The molecular weight excluding hydrogens is 312 g/mol. The molecule has 0 unspecified atom stereocenters. The molecule has 0 aromatic carbocycles. The van der Waals surface area contributed by atoms with Crippen LogP contribution in [0.15, 0.2) is 0 Å². The molecular formula is C26H48. The first kappa shape index (κ1) is 20.7. The van der Waals surface area contributed by atoms with Gasteiger partial charge in [-0.1, -0.05) is 117 Å². The summed E-state index contributed by atoms with van der Waals surface area (Å²) in [5.41, 5.74) is 0. The van der Waals surface area contributed by atoms with Crippen LogP contribution in [0.4, 0.5) is 0 Å². The van der Waals surface area contributed by atoms with Crippen LogP contribution in [-0.4, -0.2) is 0 Å². The van der Waals surface area contributed by atoms with Crippen molar-refractivity contribution in [1.82, 2.24) is 0 Å². The Bertz CT molecular complexity index is 312. The van der Waals surface area contributed by atoms with E-state index in [1.807, 2.05) is 0 Å². The zero-order chi connectivity index (χ0) is 18.2. The molecule has 0 aromatic heterocycles. The second-order valence-electron chi connectivity index (χ2n) is 10.7. The lowest BCUT2D eigenvalue weighted by atomic mass is 9.70. The van der Waals surface area contributed by atoms with Gasteiger partial charge in [-0.25, -0.2) is 0 Å². The molecule has 0 N–H and O–H groups in total. The van der Waals surface area contributed by atoms with Crippen molar-refractivity contribution in [2.24, 2.45) is 35.5 Å². The van der Waals surface area contributed by atoms with Gasteiger partial charge in [-0.15, -0.1) is 0 Å². The fraction of sp³-hybridized carbons (Fsp3) is 1.00. The third-order valence-electron chi connectivity index (χ3n) is 8.63. The number of hydrogen-bond donors (Lipinski definition) is 0. The summed E-state index contributed by atoms with van der Waals surface area (Å²) in [6.07, 6.45) is 27.7. The summed E-state index contributed by atoms with van der Waals surface area (Å²) >= 11 is 0. The second-order valence-corrected chi connectivity index (χ2v) is 10.7. The quantitative estimate of drug-likeness (QED) is 0.405. The molecule has 0 aromatic rings. The lowest BCUT2D eigenvalue weighted by molar-refractivity contribution is 0.161. The molecule has 0 saturated heterocycles. The van der Waals surface area contributed by atoms with Crippen LogP contribution in [0.25, 0.3) is 0 Å². The molecule has 3 saturated carbocycles. The summed E-state index contributed by atoms with van der Waals surface area (Å²) in [5, 5.41) is 0. The van der Waals surface area contributed by atoms with Crippen LogP contribution < -0.4 is 0 Å². The fourth-order valence-corrected chi connectivity index (χ4v) is 6.97. The highest BCUT2D eigenvalue weighted by atomic mass is 14.3. The van der Waals surface area contributed by atoms with E-state index in [9.17, 15) is 0 Å². The van der Waals surface area contributed by atoms with Gasteiger partial charge in [-0.05, 0) is 48.3 Å². The predicted molar refractivity (Wildman–Crippen MR) is 115 cm³/mol.